The molecule has 2 nitrogen and oxygen atoms in total. The number of halogens is 2. The Morgan fingerprint density at radius 3 is 2.83 bits per heavy atom. The quantitative estimate of drug-likeness (QED) is 0.817. The van der Waals surface area contributed by atoms with Crippen molar-refractivity contribution in [2.45, 2.75) is 38.3 Å². The van der Waals surface area contributed by atoms with E-state index in [-0.39, 0.29) is 0 Å². The summed E-state index contributed by atoms with van der Waals surface area (Å²) in [4.78, 5) is 0. The lowest BCUT2D eigenvalue weighted by Crippen LogP contribution is -2.34. The molecule has 4 heteroatoms. The molecule has 1 atom stereocenters. The highest BCUT2D eigenvalue weighted by Gasteiger charge is 2.11. The van der Waals surface area contributed by atoms with Gasteiger partial charge in [0.2, 0.25) is 0 Å². The molecule has 0 aliphatic carbocycles. The third-order valence-electron chi connectivity index (χ3n) is 3.28. The highest BCUT2D eigenvalue weighted by Crippen LogP contribution is 2.12. The molecule has 1 N–H and O–H groups in total. The second kappa shape index (κ2) is 6.81. The molecule has 1 saturated heterocycles. The van der Waals surface area contributed by atoms with Crippen molar-refractivity contribution in [3.63, 3.8) is 0 Å². The van der Waals surface area contributed by atoms with Crippen LogP contribution >= 0.6 is 0 Å². The van der Waals surface area contributed by atoms with Gasteiger partial charge < -0.3 is 10.1 Å². The summed E-state index contributed by atoms with van der Waals surface area (Å²) in [6, 6.07) is 4.42. The van der Waals surface area contributed by atoms with Gasteiger partial charge in [0.05, 0.1) is 6.61 Å². The first-order valence-electron chi connectivity index (χ1n) is 6.51. The first kappa shape index (κ1) is 13.4. The SMILES string of the molecule is Fc1ccc(COCCC2CCCCN2)cc1F. The van der Waals surface area contributed by atoms with Crippen LogP contribution in [0, 0.1) is 11.6 Å². The molecule has 0 bridgehead atoms. The summed E-state index contributed by atoms with van der Waals surface area (Å²) >= 11 is 0. The summed E-state index contributed by atoms with van der Waals surface area (Å²) in [6.45, 7) is 2.08. The molecule has 1 aliphatic heterocycles. The fourth-order valence-electron chi connectivity index (χ4n) is 2.22. The first-order valence-corrected chi connectivity index (χ1v) is 6.51. The Morgan fingerprint density at radius 2 is 2.11 bits per heavy atom. The van der Waals surface area contributed by atoms with Gasteiger partial charge in [-0.1, -0.05) is 12.5 Å². The van der Waals surface area contributed by atoms with E-state index in [1.165, 1.54) is 25.3 Å². The molecule has 2 rings (SSSR count). The molecular formula is C14H19F2NO. The zero-order valence-corrected chi connectivity index (χ0v) is 10.4. The maximum absolute atomic E-state index is 12.9. The fraction of sp³-hybridized carbons (Fsp3) is 0.571. The molecule has 1 aromatic carbocycles. The van der Waals surface area contributed by atoms with Crippen LogP contribution in [-0.2, 0) is 11.3 Å². The fourth-order valence-corrected chi connectivity index (χ4v) is 2.22. The van der Waals surface area contributed by atoms with Crippen molar-refractivity contribution in [1.82, 2.24) is 5.32 Å². The normalized spacial score (nSPS) is 20.0. The van der Waals surface area contributed by atoms with E-state index in [4.69, 9.17) is 4.74 Å². The van der Waals surface area contributed by atoms with Crippen LogP contribution in [0.5, 0.6) is 0 Å². The molecule has 1 heterocycles. The van der Waals surface area contributed by atoms with Crippen molar-refractivity contribution < 1.29 is 13.5 Å². The molecule has 100 valence electrons. The van der Waals surface area contributed by atoms with E-state index in [1.807, 2.05) is 0 Å². The summed E-state index contributed by atoms with van der Waals surface area (Å²) < 4.78 is 31.1. The maximum atomic E-state index is 12.9. The number of ether oxygens (including phenoxy) is 1. The van der Waals surface area contributed by atoms with E-state index in [0.717, 1.165) is 19.0 Å². The molecule has 18 heavy (non-hydrogen) atoms. The third-order valence-corrected chi connectivity index (χ3v) is 3.28. The molecular weight excluding hydrogens is 236 g/mol. The van der Waals surface area contributed by atoms with E-state index >= 15 is 0 Å². The number of hydrogen-bond acceptors (Lipinski definition) is 2. The largest absolute Gasteiger partial charge is 0.377 e. The van der Waals surface area contributed by atoms with Crippen LogP contribution in [0.3, 0.4) is 0 Å². The summed E-state index contributed by atoms with van der Waals surface area (Å²) in [6.07, 6.45) is 4.71. The smallest absolute Gasteiger partial charge is 0.159 e. The highest BCUT2D eigenvalue weighted by atomic mass is 19.2. The first-order chi connectivity index (χ1) is 8.75. The maximum Gasteiger partial charge on any atom is 0.159 e. The zero-order valence-electron chi connectivity index (χ0n) is 10.4. The lowest BCUT2D eigenvalue weighted by molar-refractivity contribution is 0.108. The topological polar surface area (TPSA) is 21.3 Å². The van der Waals surface area contributed by atoms with E-state index in [1.54, 1.807) is 6.07 Å². The van der Waals surface area contributed by atoms with Crippen molar-refractivity contribution in [2.75, 3.05) is 13.2 Å². The number of nitrogens with one attached hydrogen (secondary N) is 1. The van der Waals surface area contributed by atoms with Gasteiger partial charge in [-0.2, -0.15) is 0 Å². The van der Waals surface area contributed by atoms with Gasteiger partial charge in [0.1, 0.15) is 0 Å². The van der Waals surface area contributed by atoms with Gasteiger partial charge in [0.25, 0.3) is 0 Å². The molecule has 1 unspecified atom stereocenters. The average Bonchev–Trinajstić information content (AvgIpc) is 2.40. The monoisotopic (exact) mass is 255 g/mol. The molecule has 0 aromatic heterocycles. The van der Waals surface area contributed by atoms with Gasteiger partial charge in [0.15, 0.2) is 11.6 Å². The Kier molecular flexibility index (Phi) is 5.08. The summed E-state index contributed by atoms with van der Waals surface area (Å²) in [5.41, 5.74) is 0.672. The van der Waals surface area contributed by atoms with Crippen LogP contribution in [0.4, 0.5) is 8.78 Å². The Bertz CT molecular complexity index is 378. The van der Waals surface area contributed by atoms with Crippen LogP contribution in [0.15, 0.2) is 18.2 Å². The zero-order chi connectivity index (χ0) is 12.8. The average molecular weight is 255 g/mol. The van der Waals surface area contributed by atoms with Gasteiger partial charge in [-0.3, -0.25) is 0 Å². The Morgan fingerprint density at radius 1 is 1.22 bits per heavy atom. The molecule has 1 aliphatic rings. The third kappa shape index (κ3) is 4.03. The van der Waals surface area contributed by atoms with Crippen LogP contribution in [-0.4, -0.2) is 19.2 Å². The highest BCUT2D eigenvalue weighted by molar-refractivity contribution is 5.16. The summed E-state index contributed by atoms with van der Waals surface area (Å²) in [7, 11) is 0. The van der Waals surface area contributed by atoms with Gasteiger partial charge >= 0.3 is 0 Å². The van der Waals surface area contributed by atoms with Crippen molar-refractivity contribution in [1.29, 1.82) is 0 Å². The second-order valence-corrected chi connectivity index (χ2v) is 4.74. The predicted octanol–water partition coefficient (Wildman–Crippen LogP) is 3.01. The van der Waals surface area contributed by atoms with Gasteiger partial charge in [0, 0.05) is 12.6 Å². The Hall–Kier alpha value is -1.00. The van der Waals surface area contributed by atoms with Gasteiger partial charge in [-0.15, -0.1) is 0 Å². The van der Waals surface area contributed by atoms with E-state index < -0.39 is 11.6 Å². The minimum Gasteiger partial charge on any atom is -0.377 e. The van der Waals surface area contributed by atoms with Gasteiger partial charge in [-0.25, -0.2) is 8.78 Å². The number of hydrogen-bond donors (Lipinski definition) is 1. The van der Waals surface area contributed by atoms with Crippen LogP contribution < -0.4 is 5.32 Å². The van der Waals surface area contributed by atoms with Crippen molar-refractivity contribution in [3.8, 4) is 0 Å². The van der Waals surface area contributed by atoms with E-state index in [2.05, 4.69) is 5.32 Å². The van der Waals surface area contributed by atoms with Crippen molar-refractivity contribution in [2.24, 2.45) is 0 Å². The van der Waals surface area contributed by atoms with Gasteiger partial charge in [-0.05, 0) is 43.5 Å². The van der Waals surface area contributed by atoms with E-state index in [9.17, 15) is 8.78 Å². The van der Waals surface area contributed by atoms with Crippen LogP contribution in [0.1, 0.15) is 31.2 Å². The Balaban J connectivity index is 1.66. The molecule has 0 spiro atoms. The number of rotatable bonds is 5. The second-order valence-electron chi connectivity index (χ2n) is 4.74. The molecule has 0 amide bonds. The molecule has 0 radical (unpaired) electrons. The van der Waals surface area contributed by atoms with Crippen molar-refractivity contribution >= 4 is 0 Å². The van der Waals surface area contributed by atoms with E-state index in [0.29, 0.717) is 24.8 Å². The molecule has 1 aromatic rings. The van der Waals surface area contributed by atoms with Crippen molar-refractivity contribution in [3.05, 3.63) is 35.4 Å². The summed E-state index contributed by atoms with van der Waals surface area (Å²) in [5.74, 6) is -1.63. The Labute approximate surface area is 106 Å². The molecule has 0 saturated carbocycles. The van der Waals surface area contributed by atoms with Crippen LogP contribution in [0.25, 0.3) is 0 Å². The number of piperidine rings is 1. The van der Waals surface area contributed by atoms with Crippen LogP contribution in [0.2, 0.25) is 0 Å². The minimum atomic E-state index is -0.815. The minimum absolute atomic E-state index is 0.337. The standard InChI is InChI=1S/C14H19F2NO/c15-13-5-4-11(9-14(13)16)10-18-8-6-12-3-1-2-7-17-12/h4-5,9,12,17H,1-3,6-8,10H2. The molecule has 1 fully saturated rings. The summed E-state index contributed by atoms with van der Waals surface area (Å²) in [5, 5.41) is 3.44. The predicted molar refractivity (Wildman–Crippen MR) is 66.3 cm³/mol. The lowest BCUT2D eigenvalue weighted by Gasteiger charge is -2.23. The lowest BCUT2D eigenvalue weighted by atomic mass is 10.0. The number of benzene rings is 1.